The first-order valence-corrected chi connectivity index (χ1v) is 12.8. The molecule has 11 nitrogen and oxygen atoms in total. The van der Waals surface area contributed by atoms with E-state index in [9.17, 15) is 24.9 Å². The van der Waals surface area contributed by atoms with Gasteiger partial charge in [0.05, 0.1) is 23.0 Å². The van der Waals surface area contributed by atoms with Gasteiger partial charge in [-0.05, 0) is 36.4 Å². The lowest BCUT2D eigenvalue weighted by Crippen LogP contribution is -2.41. The lowest BCUT2D eigenvalue weighted by molar-refractivity contribution is -0.0623. The Labute approximate surface area is 240 Å². The maximum Gasteiger partial charge on any atom is 0.338 e. The Morgan fingerprint density at radius 1 is 0.738 bits per heavy atom. The zero-order valence-corrected chi connectivity index (χ0v) is 21.9. The highest BCUT2D eigenvalue weighted by molar-refractivity contribution is 5.91. The second-order valence-corrected chi connectivity index (χ2v) is 9.07. The number of aromatic nitrogens is 2. The van der Waals surface area contributed by atoms with E-state index in [0.717, 1.165) is 0 Å². The van der Waals surface area contributed by atoms with E-state index in [-0.39, 0.29) is 28.1 Å². The fourth-order valence-corrected chi connectivity index (χ4v) is 4.43. The largest absolute Gasteiger partial charge is 0.459 e. The molecule has 1 aliphatic rings. The Morgan fingerprint density at radius 2 is 1.24 bits per heavy atom. The topological polar surface area (TPSA) is 154 Å². The minimum absolute atomic E-state index is 0.154. The van der Waals surface area contributed by atoms with Gasteiger partial charge in [-0.3, -0.25) is 4.57 Å². The molecule has 3 aromatic carbocycles. The van der Waals surface area contributed by atoms with Gasteiger partial charge in [-0.15, -0.1) is 0 Å². The van der Waals surface area contributed by atoms with Crippen molar-refractivity contribution in [3.63, 3.8) is 0 Å². The summed E-state index contributed by atoms with van der Waals surface area (Å²) in [6.45, 7) is -0.391. The summed E-state index contributed by atoms with van der Waals surface area (Å²) in [5.74, 6) is -2.15. The standard InChI is InChI=1S/C31H22N4O7/c32-16-23-24(17-33)35(19-34-23)28-27(42-31(38)22-14-8-3-9-15-22)26(41-30(37)21-12-6-2-7-13-21)25(40-28)18-39-29(36)20-10-4-1-5-11-20/h1-15,19,25-28H,18H2. The normalized spacial score (nSPS) is 19.2. The van der Waals surface area contributed by atoms with E-state index in [1.54, 1.807) is 91.0 Å². The fourth-order valence-electron chi connectivity index (χ4n) is 4.43. The highest BCUT2D eigenvalue weighted by Crippen LogP contribution is 2.36. The van der Waals surface area contributed by atoms with Gasteiger partial charge in [0, 0.05) is 0 Å². The van der Waals surface area contributed by atoms with E-state index in [0.29, 0.717) is 0 Å². The number of nitrogens with zero attached hydrogens (tertiary/aromatic N) is 4. The van der Waals surface area contributed by atoms with E-state index >= 15 is 0 Å². The highest BCUT2D eigenvalue weighted by atomic mass is 16.7. The number of carbonyl (C=O) groups excluding carboxylic acids is 3. The molecule has 208 valence electrons. The first-order chi connectivity index (χ1) is 20.5. The van der Waals surface area contributed by atoms with Gasteiger partial charge in [0.25, 0.3) is 0 Å². The summed E-state index contributed by atoms with van der Waals surface area (Å²) in [7, 11) is 0. The van der Waals surface area contributed by atoms with Crippen molar-refractivity contribution >= 4 is 17.9 Å². The number of ether oxygens (including phenoxy) is 4. The molecule has 11 heteroatoms. The van der Waals surface area contributed by atoms with E-state index in [1.807, 2.05) is 12.1 Å². The van der Waals surface area contributed by atoms with Crippen LogP contribution in [0.5, 0.6) is 0 Å². The maximum atomic E-state index is 13.2. The molecular weight excluding hydrogens is 540 g/mol. The van der Waals surface area contributed by atoms with Crippen molar-refractivity contribution in [2.75, 3.05) is 6.61 Å². The second kappa shape index (κ2) is 12.6. The smallest absolute Gasteiger partial charge is 0.338 e. The average Bonchev–Trinajstić information content (AvgIpc) is 3.61. The number of hydrogen-bond acceptors (Lipinski definition) is 10. The molecule has 0 radical (unpaired) electrons. The molecule has 1 fully saturated rings. The number of rotatable bonds is 8. The molecule has 4 aromatic rings. The van der Waals surface area contributed by atoms with Gasteiger partial charge in [-0.2, -0.15) is 10.5 Å². The van der Waals surface area contributed by atoms with Crippen LogP contribution in [0.2, 0.25) is 0 Å². The predicted octanol–water partition coefficient (Wildman–Crippen LogP) is 3.83. The molecule has 0 spiro atoms. The molecule has 4 unspecified atom stereocenters. The summed E-state index contributed by atoms with van der Waals surface area (Å²) < 4.78 is 24.6. The molecule has 0 N–H and O–H groups in total. The second-order valence-electron chi connectivity index (χ2n) is 9.07. The van der Waals surface area contributed by atoms with Crippen molar-refractivity contribution in [3.8, 4) is 12.1 Å². The first kappa shape index (κ1) is 27.8. The molecule has 1 saturated heterocycles. The summed E-state index contributed by atoms with van der Waals surface area (Å²) in [4.78, 5) is 43.1. The monoisotopic (exact) mass is 562 g/mol. The number of carbonyl (C=O) groups is 3. The number of nitriles is 2. The average molecular weight is 563 g/mol. The van der Waals surface area contributed by atoms with E-state index < -0.39 is 49.1 Å². The van der Waals surface area contributed by atoms with Crippen LogP contribution in [0.4, 0.5) is 0 Å². The van der Waals surface area contributed by atoms with Crippen molar-refractivity contribution in [2.45, 2.75) is 24.5 Å². The van der Waals surface area contributed by atoms with Crippen LogP contribution >= 0.6 is 0 Å². The van der Waals surface area contributed by atoms with Gasteiger partial charge in [0.2, 0.25) is 0 Å². The highest BCUT2D eigenvalue weighted by Gasteiger charge is 2.52. The molecule has 2 heterocycles. The molecule has 0 amide bonds. The van der Waals surface area contributed by atoms with Gasteiger partial charge < -0.3 is 18.9 Å². The molecule has 0 saturated carbocycles. The molecule has 5 rings (SSSR count). The van der Waals surface area contributed by atoms with Crippen LogP contribution in [0.25, 0.3) is 0 Å². The van der Waals surface area contributed by atoms with Crippen molar-refractivity contribution < 1.29 is 33.3 Å². The van der Waals surface area contributed by atoms with Crippen LogP contribution in [-0.4, -0.2) is 52.4 Å². The minimum Gasteiger partial charge on any atom is -0.459 e. The first-order valence-electron chi connectivity index (χ1n) is 12.8. The van der Waals surface area contributed by atoms with Crippen LogP contribution < -0.4 is 0 Å². The van der Waals surface area contributed by atoms with Crippen LogP contribution in [0.1, 0.15) is 48.7 Å². The summed E-state index contributed by atoms with van der Waals surface area (Å²) in [6, 6.07) is 28.3. The summed E-state index contributed by atoms with van der Waals surface area (Å²) in [5.41, 5.74) is 0.398. The van der Waals surface area contributed by atoms with Crippen molar-refractivity contribution in [1.29, 1.82) is 10.5 Å². The van der Waals surface area contributed by atoms with Gasteiger partial charge in [0.15, 0.2) is 29.8 Å². The van der Waals surface area contributed by atoms with Gasteiger partial charge in [0.1, 0.15) is 24.8 Å². The van der Waals surface area contributed by atoms with Gasteiger partial charge >= 0.3 is 17.9 Å². The number of imidazole rings is 1. The van der Waals surface area contributed by atoms with Crippen LogP contribution in [0.3, 0.4) is 0 Å². The molecule has 4 atom stereocenters. The van der Waals surface area contributed by atoms with Gasteiger partial charge in [-0.25, -0.2) is 19.4 Å². The van der Waals surface area contributed by atoms with Crippen molar-refractivity contribution in [2.24, 2.45) is 0 Å². The van der Waals surface area contributed by atoms with Crippen molar-refractivity contribution in [1.82, 2.24) is 9.55 Å². The SMILES string of the molecule is N#Cc1ncn(C2OC(COC(=O)c3ccccc3)C(OC(=O)c3ccccc3)C2OC(=O)c2ccccc2)c1C#N. The maximum absolute atomic E-state index is 13.2. The summed E-state index contributed by atoms with van der Waals surface area (Å²) >= 11 is 0. The number of benzene rings is 3. The summed E-state index contributed by atoms with van der Waals surface area (Å²) in [6.07, 6.45) is -3.84. The lowest BCUT2D eigenvalue weighted by atomic mass is 10.1. The Balaban J connectivity index is 1.51. The zero-order valence-electron chi connectivity index (χ0n) is 21.9. The van der Waals surface area contributed by atoms with Crippen LogP contribution in [-0.2, 0) is 18.9 Å². The van der Waals surface area contributed by atoms with E-state index in [1.165, 1.54) is 10.9 Å². The predicted molar refractivity (Wildman–Crippen MR) is 144 cm³/mol. The number of esters is 3. The summed E-state index contributed by atoms with van der Waals surface area (Å²) in [5, 5.41) is 19.2. The Bertz CT molecular complexity index is 1660. The van der Waals surface area contributed by atoms with Crippen molar-refractivity contribution in [3.05, 3.63) is 125 Å². The molecule has 1 aliphatic heterocycles. The van der Waals surface area contributed by atoms with E-state index in [2.05, 4.69) is 4.98 Å². The molecule has 1 aromatic heterocycles. The molecule has 0 aliphatic carbocycles. The Morgan fingerprint density at radius 3 is 1.74 bits per heavy atom. The quantitative estimate of drug-likeness (QED) is 0.229. The third-order valence-electron chi connectivity index (χ3n) is 6.46. The zero-order chi connectivity index (χ0) is 29.5. The minimum atomic E-state index is -1.33. The molecular formula is C31H22N4O7. The Hall–Kier alpha value is -5.78. The molecule has 0 bridgehead atoms. The van der Waals surface area contributed by atoms with Crippen LogP contribution in [0.15, 0.2) is 97.3 Å². The third kappa shape index (κ3) is 5.87. The van der Waals surface area contributed by atoms with Crippen LogP contribution in [0, 0.1) is 22.7 Å². The lowest BCUT2D eigenvalue weighted by Gasteiger charge is -2.25. The van der Waals surface area contributed by atoms with E-state index in [4.69, 9.17) is 18.9 Å². The fraction of sp³-hybridized carbons (Fsp3) is 0.161. The Kier molecular flexibility index (Phi) is 8.33. The molecule has 42 heavy (non-hydrogen) atoms. The van der Waals surface area contributed by atoms with Gasteiger partial charge in [-0.1, -0.05) is 54.6 Å². The number of hydrogen-bond donors (Lipinski definition) is 0. The third-order valence-corrected chi connectivity index (χ3v) is 6.46.